The molecule has 3 nitrogen and oxygen atoms in total. The molecule has 8 rings (SSSR count). The third-order valence-corrected chi connectivity index (χ3v) is 9.29. The van der Waals surface area contributed by atoms with Gasteiger partial charge < -0.3 is 4.57 Å². The van der Waals surface area contributed by atoms with Crippen LogP contribution in [-0.4, -0.2) is 14.8 Å². The molecule has 4 aliphatic carbocycles. The van der Waals surface area contributed by atoms with Gasteiger partial charge in [-0.05, 0) is 74.0 Å². The van der Waals surface area contributed by atoms with Crippen LogP contribution in [-0.2, 0) is 12.0 Å². The number of nitrogens with zero attached hydrogens (tertiary/aromatic N) is 3. The minimum atomic E-state index is 0.339. The van der Waals surface area contributed by atoms with Crippen molar-refractivity contribution in [3.8, 4) is 11.3 Å². The van der Waals surface area contributed by atoms with Gasteiger partial charge in [0.05, 0.1) is 6.54 Å². The van der Waals surface area contributed by atoms with Crippen LogP contribution in [0.1, 0.15) is 48.5 Å². The summed E-state index contributed by atoms with van der Waals surface area (Å²) in [4.78, 5) is 0. The second-order valence-electron chi connectivity index (χ2n) is 10.2. The third-order valence-electron chi connectivity index (χ3n) is 8.13. The SMILES string of the molecule is c1ccc(-c2cc3ccccc3n2Cc2nnc(C34CC5CC(CC(C5)C3)C4)s2)cc1. The maximum absolute atomic E-state index is 4.82. The topological polar surface area (TPSA) is 30.7 Å². The Balaban J connectivity index is 1.27. The van der Waals surface area contributed by atoms with E-state index in [1.807, 2.05) is 11.3 Å². The Kier molecular flexibility index (Phi) is 3.96. The quantitative estimate of drug-likeness (QED) is 0.365. The highest BCUT2D eigenvalue weighted by Crippen LogP contribution is 2.61. The Morgan fingerprint density at radius 2 is 1.52 bits per heavy atom. The predicted octanol–water partition coefficient (Wildman–Crippen LogP) is 6.68. The molecule has 4 heteroatoms. The summed E-state index contributed by atoms with van der Waals surface area (Å²) >= 11 is 1.89. The number of aromatic nitrogens is 3. The second-order valence-corrected chi connectivity index (χ2v) is 11.3. The fraction of sp³-hybridized carbons (Fsp3) is 0.407. The number of hydrogen-bond donors (Lipinski definition) is 0. The van der Waals surface area contributed by atoms with Crippen LogP contribution in [0, 0.1) is 17.8 Å². The Labute approximate surface area is 187 Å². The molecule has 4 bridgehead atoms. The average Bonchev–Trinajstić information content (AvgIpc) is 3.40. The highest BCUT2D eigenvalue weighted by atomic mass is 32.1. The lowest BCUT2D eigenvalue weighted by Gasteiger charge is -2.55. The fourth-order valence-electron chi connectivity index (χ4n) is 7.27. The molecule has 0 aliphatic heterocycles. The lowest BCUT2D eigenvalue weighted by molar-refractivity contribution is -0.00555. The van der Waals surface area contributed by atoms with Gasteiger partial charge in [-0.3, -0.25) is 0 Å². The van der Waals surface area contributed by atoms with Crippen molar-refractivity contribution >= 4 is 22.2 Å². The van der Waals surface area contributed by atoms with Crippen LogP contribution in [0.3, 0.4) is 0 Å². The van der Waals surface area contributed by atoms with Crippen molar-refractivity contribution in [1.29, 1.82) is 0 Å². The zero-order valence-electron chi connectivity index (χ0n) is 17.7. The van der Waals surface area contributed by atoms with E-state index in [9.17, 15) is 0 Å². The highest BCUT2D eigenvalue weighted by molar-refractivity contribution is 7.11. The van der Waals surface area contributed by atoms with E-state index in [0.29, 0.717) is 5.41 Å². The Bertz CT molecular complexity index is 1220. The van der Waals surface area contributed by atoms with Crippen LogP contribution in [0.15, 0.2) is 60.7 Å². The molecule has 0 atom stereocenters. The normalized spacial score (nSPS) is 29.1. The zero-order chi connectivity index (χ0) is 20.4. The van der Waals surface area contributed by atoms with E-state index in [0.717, 1.165) is 29.3 Å². The Hall–Kier alpha value is -2.46. The van der Waals surface area contributed by atoms with Crippen LogP contribution < -0.4 is 0 Å². The number of hydrogen-bond acceptors (Lipinski definition) is 3. The first-order valence-electron chi connectivity index (χ1n) is 11.7. The van der Waals surface area contributed by atoms with Gasteiger partial charge in [0.25, 0.3) is 0 Å². The molecule has 4 aromatic rings. The summed E-state index contributed by atoms with van der Waals surface area (Å²) in [6.45, 7) is 0.793. The molecule has 0 saturated heterocycles. The number of fused-ring (bicyclic) bond motifs is 1. The number of benzene rings is 2. The molecule has 2 aromatic carbocycles. The largest absolute Gasteiger partial charge is 0.333 e. The van der Waals surface area contributed by atoms with E-state index < -0.39 is 0 Å². The van der Waals surface area contributed by atoms with Gasteiger partial charge in [0.1, 0.15) is 10.0 Å². The maximum atomic E-state index is 4.82. The van der Waals surface area contributed by atoms with Gasteiger partial charge >= 0.3 is 0 Å². The van der Waals surface area contributed by atoms with Gasteiger partial charge in [0.15, 0.2) is 0 Å². The second kappa shape index (κ2) is 6.77. The lowest BCUT2D eigenvalue weighted by Crippen LogP contribution is -2.48. The molecule has 4 saturated carbocycles. The van der Waals surface area contributed by atoms with Gasteiger partial charge in [-0.1, -0.05) is 59.9 Å². The summed E-state index contributed by atoms with van der Waals surface area (Å²) in [5, 5.41) is 13.3. The van der Waals surface area contributed by atoms with Crippen LogP contribution in [0.25, 0.3) is 22.2 Å². The van der Waals surface area contributed by atoms with E-state index in [-0.39, 0.29) is 0 Å². The van der Waals surface area contributed by atoms with Crippen molar-refractivity contribution in [2.24, 2.45) is 17.8 Å². The van der Waals surface area contributed by atoms with E-state index in [1.54, 1.807) is 0 Å². The van der Waals surface area contributed by atoms with Gasteiger partial charge in [0.2, 0.25) is 0 Å². The lowest BCUT2D eigenvalue weighted by atomic mass is 9.50. The molecule has 2 aromatic heterocycles. The van der Waals surface area contributed by atoms with Crippen molar-refractivity contribution in [2.45, 2.75) is 50.5 Å². The summed E-state index contributed by atoms with van der Waals surface area (Å²) in [6.07, 6.45) is 8.49. The number of para-hydroxylation sites is 1. The van der Waals surface area contributed by atoms with Crippen LogP contribution in [0.5, 0.6) is 0 Å². The fourth-order valence-corrected chi connectivity index (χ4v) is 8.32. The first kappa shape index (κ1) is 18.1. The monoisotopic (exact) mass is 425 g/mol. The molecule has 156 valence electrons. The molecule has 0 N–H and O–H groups in total. The van der Waals surface area contributed by atoms with Gasteiger partial charge in [-0.25, -0.2) is 0 Å². The maximum Gasteiger partial charge on any atom is 0.137 e. The minimum absolute atomic E-state index is 0.339. The van der Waals surface area contributed by atoms with Crippen molar-refractivity contribution in [3.63, 3.8) is 0 Å². The molecule has 0 spiro atoms. The van der Waals surface area contributed by atoms with Crippen molar-refractivity contribution < 1.29 is 0 Å². The zero-order valence-corrected chi connectivity index (χ0v) is 18.5. The summed E-state index contributed by atoms with van der Waals surface area (Å²) in [6, 6.07) is 21.7. The van der Waals surface area contributed by atoms with Crippen LogP contribution in [0.2, 0.25) is 0 Å². The summed E-state index contributed by atoms with van der Waals surface area (Å²) in [7, 11) is 0. The average molecular weight is 426 g/mol. The molecule has 4 fully saturated rings. The van der Waals surface area contributed by atoms with Crippen LogP contribution >= 0.6 is 11.3 Å². The molecule has 0 radical (unpaired) electrons. The summed E-state index contributed by atoms with van der Waals surface area (Å²) in [5.41, 5.74) is 4.12. The Morgan fingerprint density at radius 1 is 0.839 bits per heavy atom. The molecular formula is C27H27N3S. The van der Waals surface area contributed by atoms with E-state index in [1.165, 1.54) is 65.7 Å². The van der Waals surface area contributed by atoms with Crippen molar-refractivity contribution in [2.75, 3.05) is 0 Å². The van der Waals surface area contributed by atoms with Gasteiger partial charge in [0, 0.05) is 22.0 Å². The van der Waals surface area contributed by atoms with Gasteiger partial charge in [-0.2, -0.15) is 0 Å². The van der Waals surface area contributed by atoms with Gasteiger partial charge in [-0.15, -0.1) is 10.2 Å². The smallest absolute Gasteiger partial charge is 0.137 e. The van der Waals surface area contributed by atoms with E-state index in [4.69, 9.17) is 10.2 Å². The number of rotatable bonds is 4. The standard InChI is InChI=1S/C27H27N3S/c1-2-6-21(7-3-1)24-13-22-8-4-5-9-23(22)30(24)17-25-28-29-26(31-25)27-14-18-10-19(15-27)12-20(11-18)16-27/h1-9,13,18-20H,10-12,14-17H2. The molecular weight excluding hydrogens is 398 g/mol. The molecule has 0 amide bonds. The molecule has 31 heavy (non-hydrogen) atoms. The summed E-state index contributed by atoms with van der Waals surface area (Å²) in [5.74, 6) is 2.82. The first-order valence-corrected chi connectivity index (χ1v) is 12.5. The summed E-state index contributed by atoms with van der Waals surface area (Å²) < 4.78 is 2.43. The van der Waals surface area contributed by atoms with Crippen molar-refractivity contribution in [3.05, 3.63) is 70.7 Å². The molecule has 0 unspecified atom stereocenters. The molecule has 4 aliphatic rings. The van der Waals surface area contributed by atoms with E-state index in [2.05, 4.69) is 65.2 Å². The highest BCUT2D eigenvalue weighted by Gasteiger charge is 2.53. The van der Waals surface area contributed by atoms with Crippen LogP contribution in [0.4, 0.5) is 0 Å². The minimum Gasteiger partial charge on any atom is -0.333 e. The van der Waals surface area contributed by atoms with E-state index >= 15 is 0 Å². The molecule has 2 heterocycles. The van der Waals surface area contributed by atoms with Crippen molar-refractivity contribution in [1.82, 2.24) is 14.8 Å². The third kappa shape index (κ3) is 2.91. The predicted molar refractivity (Wildman–Crippen MR) is 126 cm³/mol. The Morgan fingerprint density at radius 3 is 2.26 bits per heavy atom. The first-order chi connectivity index (χ1) is 15.3.